The molecule has 1 aromatic carbocycles. The fraction of sp³-hybridized carbons (Fsp3) is 0.381. The number of carbonyl (C=O) groups is 2. The van der Waals surface area contributed by atoms with Gasteiger partial charge in [0.2, 0.25) is 11.0 Å². The number of carbonyl (C=O) groups excluding carboxylic acids is 2. The maximum absolute atomic E-state index is 12.6. The van der Waals surface area contributed by atoms with Gasteiger partial charge in [-0.3, -0.25) is 4.79 Å². The quantitative estimate of drug-likeness (QED) is 0.658. The molecule has 0 bridgehead atoms. The summed E-state index contributed by atoms with van der Waals surface area (Å²) < 4.78 is 5.55. The van der Waals surface area contributed by atoms with E-state index in [0.29, 0.717) is 11.5 Å². The third-order valence-electron chi connectivity index (χ3n) is 5.40. The summed E-state index contributed by atoms with van der Waals surface area (Å²) in [7, 11) is 1.75. The molecule has 2 heterocycles. The summed E-state index contributed by atoms with van der Waals surface area (Å²) in [5, 5.41) is 5.40. The molecule has 1 saturated carbocycles. The fourth-order valence-corrected chi connectivity index (χ4v) is 4.46. The van der Waals surface area contributed by atoms with E-state index in [4.69, 9.17) is 4.74 Å². The van der Waals surface area contributed by atoms with Crippen LogP contribution in [-0.4, -0.2) is 46.0 Å². The highest BCUT2D eigenvalue weighted by Gasteiger charge is 2.31. The van der Waals surface area contributed by atoms with Crippen LogP contribution in [0.2, 0.25) is 0 Å². The zero-order valence-corrected chi connectivity index (χ0v) is 17.3. The summed E-state index contributed by atoms with van der Waals surface area (Å²) in [6.45, 7) is 1.84. The first kappa shape index (κ1) is 19.4. The summed E-state index contributed by atoms with van der Waals surface area (Å²) in [4.78, 5) is 33.3. The van der Waals surface area contributed by atoms with Crippen LogP contribution < -0.4 is 10.1 Å². The second-order valence-electron chi connectivity index (χ2n) is 7.33. The SMILES string of the molecule is CCC(=O)N[C@H]1CC[C@@H](N(C)C(=O)Oc2cnc(-c3ccc4[nH]ccc4c3)s2)C1. The van der Waals surface area contributed by atoms with Crippen molar-refractivity contribution in [2.45, 2.75) is 44.7 Å². The van der Waals surface area contributed by atoms with Crippen molar-refractivity contribution in [3.63, 3.8) is 0 Å². The molecule has 2 amide bonds. The van der Waals surface area contributed by atoms with E-state index in [1.807, 2.05) is 31.3 Å². The Kier molecular flexibility index (Phi) is 5.53. The van der Waals surface area contributed by atoms with Gasteiger partial charge in [-0.1, -0.05) is 18.3 Å². The molecule has 152 valence electrons. The second-order valence-corrected chi connectivity index (χ2v) is 8.32. The van der Waals surface area contributed by atoms with E-state index in [0.717, 1.165) is 40.7 Å². The molecule has 0 spiro atoms. The molecule has 8 heteroatoms. The van der Waals surface area contributed by atoms with Gasteiger partial charge >= 0.3 is 6.09 Å². The fourth-order valence-electron chi connectivity index (χ4n) is 3.70. The van der Waals surface area contributed by atoms with Crippen molar-refractivity contribution < 1.29 is 14.3 Å². The van der Waals surface area contributed by atoms with Crippen molar-refractivity contribution >= 4 is 34.2 Å². The first-order chi connectivity index (χ1) is 14.0. The number of ether oxygens (including phenoxy) is 1. The van der Waals surface area contributed by atoms with E-state index in [9.17, 15) is 9.59 Å². The van der Waals surface area contributed by atoms with Gasteiger partial charge in [0.05, 0.1) is 6.20 Å². The van der Waals surface area contributed by atoms with Crippen molar-refractivity contribution in [1.82, 2.24) is 20.2 Å². The van der Waals surface area contributed by atoms with Gasteiger partial charge < -0.3 is 19.9 Å². The van der Waals surface area contributed by atoms with Crippen molar-refractivity contribution in [1.29, 1.82) is 0 Å². The van der Waals surface area contributed by atoms with Crippen LogP contribution in [0.15, 0.2) is 36.7 Å². The van der Waals surface area contributed by atoms with E-state index in [1.54, 1.807) is 18.1 Å². The number of hydrogen-bond acceptors (Lipinski definition) is 5. The average Bonchev–Trinajstić information content (AvgIpc) is 3.47. The van der Waals surface area contributed by atoms with Crippen molar-refractivity contribution in [2.24, 2.45) is 0 Å². The zero-order chi connectivity index (χ0) is 20.4. The molecule has 3 aromatic rings. The van der Waals surface area contributed by atoms with Crippen molar-refractivity contribution in [2.75, 3.05) is 7.05 Å². The molecule has 2 aromatic heterocycles. The Morgan fingerprint density at radius 1 is 1.34 bits per heavy atom. The normalized spacial score (nSPS) is 18.7. The van der Waals surface area contributed by atoms with Crippen molar-refractivity contribution in [3.8, 4) is 15.6 Å². The Bertz CT molecular complexity index is 1030. The molecule has 0 radical (unpaired) electrons. The maximum Gasteiger partial charge on any atom is 0.416 e. The number of H-pyrrole nitrogens is 1. The molecule has 7 nitrogen and oxygen atoms in total. The summed E-state index contributed by atoms with van der Waals surface area (Å²) >= 11 is 1.35. The van der Waals surface area contributed by atoms with E-state index in [-0.39, 0.29) is 18.0 Å². The minimum Gasteiger partial charge on any atom is -0.397 e. The third kappa shape index (κ3) is 4.27. The number of fused-ring (bicyclic) bond motifs is 1. The highest BCUT2D eigenvalue weighted by Crippen LogP contribution is 2.32. The van der Waals surface area contributed by atoms with Crippen LogP contribution in [0.5, 0.6) is 5.06 Å². The van der Waals surface area contributed by atoms with Crippen LogP contribution in [0.4, 0.5) is 4.79 Å². The lowest BCUT2D eigenvalue weighted by Gasteiger charge is -2.23. The van der Waals surface area contributed by atoms with Crippen LogP contribution in [0.1, 0.15) is 32.6 Å². The molecule has 29 heavy (non-hydrogen) atoms. The first-order valence-corrected chi connectivity index (χ1v) is 10.6. The van der Waals surface area contributed by atoms with Crippen LogP contribution in [0.3, 0.4) is 0 Å². The summed E-state index contributed by atoms with van der Waals surface area (Å²) in [5.41, 5.74) is 2.06. The maximum atomic E-state index is 12.6. The molecular weight excluding hydrogens is 388 g/mol. The molecule has 2 N–H and O–H groups in total. The average molecular weight is 413 g/mol. The third-order valence-corrected chi connectivity index (χ3v) is 6.32. The highest BCUT2D eigenvalue weighted by atomic mass is 32.1. The Hall–Kier alpha value is -2.87. The number of thiazole rings is 1. The van der Waals surface area contributed by atoms with Gasteiger partial charge in [-0.15, -0.1) is 0 Å². The van der Waals surface area contributed by atoms with E-state index in [2.05, 4.69) is 21.4 Å². The molecular formula is C21H24N4O3S. The lowest BCUT2D eigenvalue weighted by atomic mass is 10.2. The van der Waals surface area contributed by atoms with E-state index in [1.165, 1.54) is 11.3 Å². The predicted octanol–water partition coefficient (Wildman–Crippen LogP) is 4.17. The van der Waals surface area contributed by atoms with Gasteiger partial charge in [-0.25, -0.2) is 9.78 Å². The summed E-state index contributed by atoms with van der Waals surface area (Å²) in [5.74, 6) is 0.0518. The Morgan fingerprint density at radius 3 is 3.03 bits per heavy atom. The molecule has 1 fully saturated rings. The lowest BCUT2D eigenvalue weighted by Crippen LogP contribution is -2.39. The molecule has 1 aliphatic rings. The number of rotatable bonds is 5. The molecule has 0 saturated heterocycles. The summed E-state index contributed by atoms with van der Waals surface area (Å²) in [6.07, 6.45) is 6.05. The van der Waals surface area contributed by atoms with Crippen LogP contribution >= 0.6 is 11.3 Å². The van der Waals surface area contributed by atoms with Gasteiger partial charge in [0.25, 0.3) is 0 Å². The predicted molar refractivity (Wildman–Crippen MR) is 113 cm³/mol. The van der Waals surface area contributed by atoms with Crippen LogP contribution in [0, 0.1) is 0 Å². The number of amides is 2. The monoisotopic (exact) mass is 412 g/mol. The number of hydrogen-bond donors (Lipinski definition) is 2. The van der Waals surface area contributed by atoms with Crippen LogP contribution in [-0.2, 0) is 4.79 Å². The minimum atomic E-state index is -0.395. The number of benzene rings is 1. The number of nitrogens with zero attached hydrogens (tertiary/aromatic N) is 2. The number of nitrogens with one attached hydrogen (secondary N) is 2. The van der Waals surface area contributed by atoms with Gasteiger partial charge in [0.1, 0.15) is 5.01 Å². The van der Waals surface area contributed by atoms with Gasteiger partial charge in [0.15, 0.2) is 0 Å². The van der Waals surface area contributed by atoms with Crippen LogP contribution in [0.25, 0.3) is 21.5 Å². The lowest BCUT2D eigenvalue weighted by molar-refractivity contribution is -0.121. The second kappa shape index (κ2) is 8.24. The summed E-state index contributed by atoms with van der Waals surface area (Å²) in [6, 6.07) is 8.28. The molecule has 0 aliphatic heterocycles. The Labute approximate surface area is 173 Å². The van der Waals surface area contributed by atoms with Gasteiger partial charge in [-0.05, 0) is 43.5 Å². The van der Waals surface area contributed by atoms with Gasteiger partial charge in [-0.2, -0.15) is 0 Å². The van der Waals surface area contributed by atoms with Gasteiger partial charge in [0, 0.05) is 48.2 Å². The molecule has 0 unspecified atom stereocenters. The van der Waals surface area contributed by atoms with E-state index >= 15 is 0 Å². The number of aromatic nitrogens is 2. The molecule has 4 rings (SSSR count). The molecule has 2 atom stereocenters. The first-order valence-electron chi connectivity index (χ1n) is 9.81. The number of aromatic amines is 1. The zero-order valence-electron chi connectivity index (χ0n) is 16.5. The molecule has 1 aliphatic carbocycles. The van der Waals surface area contributed by atoms with Crippen molar-refractivity contribution in [3.05, 3.63) is 36.7 Å². The topological polar surface area (TPSA) is 87.3 Å². The van der Waals surface area contributed by atoms with E-state index < -0.39 is 6.09 Å². The Balaban J connectivity index is 1.37. The smallest absolute Gasteiger partial charge is 0.397 e. The Morgan fingerprint density at radius 2 is 2.21 bits per heavy atom. The minimum absolute atomic E-state index is 0.0518. The highest BCUT2D eigenvalue weighted by molar-refractivity contribution is 7.16. The standard InChI is InChI=1S/C21H24N4O3S/c1-3-18(26)24-15-5-6-16(11-15)25(2)21(27)28-19-12-23-20(29-19)14-4-7-17-13(10-14)8-9-22-17/h4,7-10,12,15-16,22H,3,5-6,11H2,1-2H3,(H,24,26)/t15-,16+/m0/s1. The largest absolute Gasteiger partial charge is 0.416 e.